The van der Waals surface area contributed by atoms with Crippen molar-refractivity contribution < 1.29 is 0 Å². The van der Waals surface area contributed by atoms with Gasteiger partial charge in [0.05, 0.1) is 0 Å². The lowest BCUT2D eigenvalue weighted by molar-refractivity contribution is 0.666. The van der Waals surface area contributed by atoms with Gasteiger partial charge in [-0.2, -0.15) is 0 Å². The molecule has 0 amide bonds. The Hall–Kier alpha value is -0.563. The van der Waals surface area contributed by atoms with Gasteiger partial charge in [-0.05, 0) is 18.4 Å². The molecule has 0 unspecified atom stereocenters. The Balaban J connectivity index is 2.07. The van der Waals surface area contributed by atoms with Gasteiger partial charge in [-0.15, -0.1) is 0 Å². The van der Waals surface area contributed by atoms with Crippen LogP contribution < -0.4 is 0 Å². The first-order chi connectivity index (χ1) is 6.43. The number of hydrogen-bond acceptors (Lipinski definition) is 0. The maximum atomic E-state index is 2.23. The lowest BCUT2D eigenvalue weighted by Crippen LogP contribution is -1.85. The normalized spacial score (nSPS) is 10.5. The molecule has 1 rings (SSSR count). The van der Waals surface area contributed by atoms with Crippen molar-refractivity contribution in [2.75, 3.05) is 0 Å². The van der Waals surface area contributed by atoms with Crippen LogP contribution in [-0.2, 0) is 6.42 Å². The Morgan fingerprint density at radius 2 is 1.54 bits per heavy atom. The van der Waals surface area contributed by atoms with E-state index in [0.29, 0.717) is 0 Å². The van der Waals surface area contributed by atoms with Gasteiger partial charge in [0.1, 0.15) is 0 Å². The van der Waals surface area contributed by atoms with Gasteiger partial charge in [0.15, 0.2) is 0 Å². The van der Waals surface area contributed by atoms with Crippen molar-refractivity contribution in [2.45, 2.75) is 38.1 Å². The zero-order chi connectivity index (χ0) is 9.36. The fourth-order valence-electron chi connectivity index (χ4n) is 1.58. The van der Waals surface area contributed by atoms with Gasteiger partial charge in [0, 0.05) is 10.2 Å². The third-order valence-corrected chi connectivity index (χ3v) is 3.12. The van der Waals surface area contributed by atoms with Gasteiger partial charge < -0.3 is 0 Å². The molecule has 0 fully saturated rings. The van der Waals surface area contributed by atoms with E-state index in [1.54, 1.807) is 0 Å². The van der Waals surface area contributed by atoms with Crippen LogP contribution in [0.5, 0.6) is 0 Å². The van der Waals surface area contributed by atoms with E-state index in [1.807, 2.05) is 0 Å². The molecular weight excluding hydrogens is 172 g/mol. The van der Waals surface area contributed by atoms with E-state index in [0.717, 1.165) is 0 Å². The molecule has 0 bridgehead atoms. The summed E-state index contributed by atoms with van der Waals surface area (Å²) in [6.45, 7) is 0. The molecule has 72 valence electrons. The molecular formula is C12H20Si. The fraction of sp³-hybridized carbons (Fsp3) is 0.500. The summed E-state index contributed by atoms with van der Waals surface area (Å²) >= 11 is 0. The van der Waals surface area contributed by atoms with Crippen LogP contribution in [-0.4, -0.2) is 10.2 Å². The molecule has 0 nitrogen and oxygen atoms in total. The minimum Gasteiger partial charge on any atom is -0.0658 e. The van der Waals surface area contributed by atoms with Gasteiger partial charge in [0.25, 0.3) is 0 Å². The average Bonchev–Trinajstić information content (AvgIpc) is 2.19. The third-order valence-electron chi connectivity index (χ3n) is 2.41. The minimum absolute atomic E-state index is 1.27. The highest BCUT2D eigenvalue weighted by atomic mass is 28.1. The van der Waals surface area contributed by atoms with Gasteiger partial charge >= 0.3 is 0 Å². The number of hydrogen-bond donors (Lipinski definition) is 0. The molecule has 0 aliphatic rings. The zero-order valence-electron chi connectivity index (χ0n) is 8.63. The first-order valence-electron chi connectivity index (χ1n) is 5.47. The standard InChI is InChI=1S/C12H20Si/c13-11-7-2-1-4-8-12-9-5-3-6-10-12/h3,5-6,9-10H,1-2,4,7-8,11H2,13H3. The highest BCUT2D eigenvalue weighted by molar-refractivity contribution is 6.08. The molecule has 0 aliphatic heterocycles. The van der Waals surface area contributed by atoms with E-state index in [2.05, 4.69) is 30.3 Å². The third kappa shape index (κ3) is 4.89. The summed E-state index contributed by atoms with van der Waals surface area (Å²) in [5, 5.41) is 0. The molecule has 0 atom stereocenters. The Morgan fingerprint density at radius 1 is 0.846 bits per heavy atom. The number of unbranched alkanes of at least 4 members (excludes halogenated alkanes) is 3. The first kappa shape index (κ1) is 10.5. The molecule has 0 aromatic heterocycles. The molecule has 1 aromatic rings. The van der Waals surface area contributed by atoms with Crippen LogP contribution in [0.2, 0.25) is 6.04 Å². The smallest absolute Gasteiger partial charge is 0.00279 e. The Kier molecular flexibility index (Phi) is 5.58. The van der Waals surface area contributed by atoms with Crippen LogP contribution in [0.3, 0.4) is 0 Å². The summed E-state index contributed by atoms with van der Waals surface area (Å²) in [6.07, 6.45) is 6.95. The fourth-order valence-corrected chi connectivity index (χ4v) is 2.08. The molecule has 13 heavy (non-hydrogen) atoms. The number of rotatable bonds is 6. The monoisotopic (exact) mass is 192 g/mol. The quantitative estimate of drug-likeness (QED) is 0.480. The molecule has 1 heteroatoms. The predicted octanol–water partition coefficient (Wildman–Crippen LogP) is 2.57. The zero-order valence-corrected chi connectivity index (χ0v) is 10.6. The van der Waals surface area contributed by atoms with Crippen molar-refractivity contribution in [2.24, 2.45) is 0 Å². The molecule has 0 aliphatic carbocycles. The summed E-state index contributed by atoms with van der Waals surface area (Å²) in [4.78, 5) is 0. The lowest BCUT2D eigenvalue weighted by Gasteiger charge is -2.00. The second-order valence-electron chi connectivity index (χ2n) is 3.65. The Labute approximate surface area is 84.8 Å². The van der Waals surface area contributed by atoms with Crippen molar-refractivity contribution in [3.63, 3.8) is 0 Å². The molecule has 0 saturated carbocycles. The Morgan fingerprint density at radius 3 is 2.23 bits per heavy atom. The summed E-state index contributed by atoms with van der Waals surface area (Å²) in [5.41, 5.74) is 1.49. The molecule has 0 spiro atoms. The Bertz CT molecular complexity index is 206. The van der Waals surface area contributed by atoms with Crippen molar-refractivity contribution in [3.05, 3.63) is 35.9 Å². The SMILES string of the molecule is [SiH3]CCCCCCc1ccccc1. The van der Waals surface area contributed by atoms with Crippen LogP contribution in [0.25, 0.3) is 0 Å². The van der Waals surface area contributed by atoms with Crippen molar-refractivity contribution >= 4 is 10.2 Å². The van der Waals surface area contributed by atoms with E-state index in [1.165, 1.54) is 54.0 Å². The maximum Gasteiger partial charge on any atom is 0.00279 e. The van der Waals surface area contributed by atoms with Crippen molar-refractivity contribution in [1.29, 1.82) is 0 Å². The maximum absolute atomic E-state index is 2.23. The number of aryl methyl sites for hydroxylation is 1. The predicted molar refractivity (Wildman–Crippen MR) is 63.4 cm³/mol. The van der Waals surface area contributed by atoms with Gasteiger partial charge in [-0.25, -0.2) is 0 Å². The molecule has 0 heterocycles. The molecule has 0 N–H and O–H groups in total. The second kappa shape index (κ2) is 6.90. The van der Waals surface area contributed by atoms with Gasteiger partial charge in [0.2, 0.25) is 0 Å². The average molecular weight is 192 g/mol. The highest BCUT2D eigenvalue weighted by Crippen LogP contribution is 2.07. The minimum atomic E-state index is 1.27. The summed E-state index contributed by atoms with van der Waals surface area (Å²) in [7, 11) is 1.38. The molecule has 1 aromatic carbocycles. The van der Waals surface area contributed by atoms with E-state index in [4.69, 9.17) is 0 Å². The topological polar surface area (TPSA) is 0 Å². The van der Waals surface area contributed by atoms with Gasteiger partial charge in [-0.3, -0.25) is 0 Å². The van der Waals surface area contributed by atoms with Crippen molar-refractivity contribution in [3.8, 4) is 0 Å². The summed E-state index contributed by atoms with van der Waals surface area (Å²) in [6, 6.07) is 12.3. The van der Waals surface area contributed by atoms with Gasteiger partial charge in [-0.1, -0.05) is 55.6 Å². The van der Waals surface area contributed by atoms with E-state index in [-0.39, 0.29) is 0 Å². The van der Waals surface area contributed by atoms with Crippen molar-refractivity contribution in [1.82, 2.24) is 0 Å². The van der Waals surface area contributed by atoms with E-state index >= 15 is 0 Å². The lowest BCUT2D eigenvalue weighted by atomic mass is 10.1. The van der Waals surface area contributed by atoms with E-state index < -0.39 is 0 Å². The summed E-state index contributed by atoms with van der Waals surface area (Å²) < 4.78 is 0. The van der Waals surface area contributed by atoms with Crippen LogP contribution in [0.15, 0.2) is 30.3 Å². The van der Waals surface area contributed by atoms with Crippen LogP contribution >= 0.6 is 0 Å². The highest BCUT2D eigenvalue weighted by Gasteiger charge is 1.91. The number of benzene rings is 1. The molecule has 0 saturated heterocycles. The first-order valence-corrected chi connectivity index (χ1v) is 6.89. The largest absolute Gasteiger partial charge is 0.0658 e. The van der Waals surface area contributed by atoms with Crippen LogP contribution in [0.4, 0.5) is 0 Å². The summed E-state index contributed by atoms with van der Waals surface area (Å²) in [5.74, 6) is 0. The second-order valence-corrected chi connectivity index (χ2v) is 4.65. The van der Waals surface area contributed by atoms with Crippen LogP contribution in [0, 0.1) is 0 Å². The van der Waals surface area contributed by atoms with Crippen LogP contribution in [0.1, 0.15) is 31.2 Å². The van der Waals surface area contributed by atoms with E-state index in [9.17, 15) is 0 Å². The molecule has 0 radical (unpaired) electrons.